The lowest BCUT2D eigenvalue weighted by atomic mass is 9.78. The van der Waals surface area contributed by atoms with Gasteiger partial charge in [-0.15, -0.1) is 0 Å². The third-order valence-corrected chi connectivity index (χ3v) is 6.13. The molecule has 0 bridgehead atoms. The Balaban J connectivity index is 1.39. The number of hydrogen-bond donors (Lipinski definition) is 0. The van der Waals surface area contributed by atoms with Gasteiger partial charge in [0.2, 0.25) is 5.91 Å². The third kappa shape index (κ3) is 5.15. The van der Waals surface area contributed by atoms with Crippen molar-refractivity contribution < 1.29 is 19.1 Å². The molecule has 0 spiro atoms. The largest absolute Gasteiger partial charge is 0.376 e. The van der Waals surface area contributed by atoms with Crippen LogP contribution in [0.3, 0.4) is 0 Å². The number of nitrogens with zero attached hydrogens (tertiary/aromatic N) is 1. The zero-order valence-electron chi connectivity index (χ0n) is 17.2. The predicted molar refractivity (Wildman–Crippen MR) is 114 cm³/mol. The molecule has 4 rings (SSSR count). The van der Waals surface area contributed by atoms with E-state index in [9.17, 15) is 9.59 Å². The van der Waals surface area contributed by atoms with Crippen LogP contribution in [0.5, 0.6) is 0 Å². The van der Waals surface area contributed by atoms with Crippen LogP contribution in [0, 0.1) is 11.8 Å². The average Bonchev–Trinajstić information content (AvgIpc) is 3.23. The highest BCUT2D eigenvalue weighted by atomic mass is 16.5. The third-order valence-electron chi connectivity index (χ3n) is 6.13. The summed E-state index contributed by atoms with van der Waals surface area (Å²) in [6.07, 6.45) is 2.28. The van der Waals surface area contributed by atoms with Crippen LogP contribution in [0.2, 0.25) is 0 Å². The minimum absolute atomic E-state index is 0.0448. The van der Waals surface area contributed by atoms with E-state index >= 15 is 0 Å². The highest BCUT2D eigenvalue weighted by Crippen LogP contribution is 2.32. The molecule has 5 heteroatoms. The van der Waals surface area contributed by atoms with Crippen LogP contribution in [-0.4, -0.2) is 42.6 Å². The molecule has 1 saturated heterocycles. The predicted octanol–water partition coefficient (Wildman–Crippen LogP) is 3.62. The first-order valence-corrected chi connectivity index (χ1v) is 10.8. The molecule has 0 unspecified atom stereocenters. The van der Waals surface area contributed by atoms with Gasteiger partial charge in [0.1, 0.15) is 12.5 Å². The van der Waals surface area contributed by atoms with Gasteiger partial charge in [-0.2, -0.15) is 0 Å². The summed E-state index contributed by atoms with van der Waals surface area (Å²) in [4.78, 5) is 27.4. The first-order valence-electron chi connectivity index (χ1n) is 10.8. The van der Waals surface area contributed by atoms with Crippen LogP contribution < -0.4 is 0 Å². The second kappa shape index (κ2) is 10.0. The molecule has 0 radical (unpaired) electrons. The van der Waals surface area contributed by atoms with Crippen molar-refractivity contribution in [2.45, 2.75) is 38.3 Å². The summed E-state index contributed by atoms with van der Waals surface area (Å²) < 4.78 is 11.6. The summed E-state index contributed by atoms with van der Waals surface area (Å²) >= 11 is 0. The average molecular weight is 408 g/mol. The van der Waals surface area contributed by atoms with Crippen molar-refractivity contribution in [1.82, 2.24) is 4.90 Å². The number of ether oxygens (including phenoxy) is 2. The molecule has 5 nitrogen and oxygen atoms in total. The minimum atomic E-state index is -0.182. The zero-order valence-corrected chi connectivity index (χ0v) is 17.2. The summed E-state index contributed by atoms with van der Waals surface area (Å²) in [6.45, 7) is 1.81. The Hall–Kier alpha value is -2.50. The monoisotopic (exact) mass is 407 g/mol. The molecule has 2 aliphatic rings. The Morgan fingerprint density at radius 1 is 1.03 bits per heavy atom. The van der Waals surface area contributed by atoms with Gasteiger partial charge in [-0.05, 0) is 24.0 Å². The van der Waals surface area contributed by atoms with E-state index in [4.69, 9.17) is 9.47 Å². The number of carbonyl (C=O) groups is 2. The molecule has 2 fully saturated rings. The van der Waals surface area contributed by atoms with E-state index in [0.717, 1.165) is 12.0 Å². The Kier molecular flexibility index (Phi) is 6.92. The number of benzene rings is 2. The fourth-order valence-corrected chi connectivity index (χ4v) is 4.49. The summed E-state index contributed by atoms with van der Waals surface area (Å²) in [7, 11) is 0. The maximum atomic E-state index is 13.4. The number of ketones is 1. The molecule has 1 heterocycles. The van der Waals surface area contributed by atoms with Gasteiger partial charge < -0.3 is 14.4 Å². The lowest BCUT2D eigenvalue weighted by Gasteiger charge is -2.34. The molecule has 2 aromatic rings. The lowest BCUT2D eigenvalue weighted by Crippen LogP contribution is -2.46. The summed E-state index contributed by atoms with van der Waals surface area (Å²) in [5.74, 6) is 0.0824. The first-order chi connectivity index (χ1) is 14.7. The van der Waals surface area contributed by atoms with Crippen molar-refractivity contribution in [2.75, 3.05) is 19.9 Å². The Morgan fingerprint density at radius 2 is 1.73 bits per heavy atom. The number of rotatable bonds is 7. The molecule has 1 saturated carbocycles. The van der Waals surface area contributed by atoms with E-state index in [0.29, 0.717) is 45.8 Å². The van der Waals surface area contributed by atoms with Gasteiger partial charge in [-0.1, -0.05) is 60.7 Å². The van der Waals surface area contributed by atoms with E-state index < -0.39 is 0 Å². The molecule has 2 aromatic carbocycles. The van der Waals surface area contributed by atoms with Crippen molar-refractivity contribution in [3.05, 3.63) is 71.8 Å². The van der Waals surface area contributed by atoms with Crippen molar-refractivity contribution in [3.8, 4) is 0 Å². The number of amides is 1. The van der Waals surface area contributed by atoms with Crippen LogP contribution in [0.25, 0.3) is 0 Å². The fourth-order valence-electron chi connectivity index (χ4n) is 4.49. The maximum absolute atomic E-state index is 13.4. The first kappa shape index (κ1) is 20.8. The van der Waals surface area contributed by atoms with Crippen LogP contribution in [0.15, 0.2) is 60.7 Å². The van der Waals surface area contributed by atoms with Crippen molar-refractivity contribution in [2.24, 2.45) is 11.8 Å². The quantitative estimate of drug-likeness (QED) is 0.704. The molecule has 1 amide bonds. The van der Waals surface area contributed by atoms with Gasteiger partial charge in [0.25, 0.3) is 0 Å². The van der Waals surface area contributed by atoms with Gasteiger partial charge in [0.05, 0.1) is 25.9 Å². The second-order valence-corrected chi connectivity index (χ2v) is 8.30. The normalized spacial score (nSPS) is 24.2. The van der Waals surface area contributed by atoms with Crippen LogP contribution >= 0.6 is 0 Å². The van der Waals surface area contributed by atoms with E-state index in [2.05, 4.69) is 12.1 Å². The highest BCUT2D eigenvalue weighted by molar-refractivity contribution is 5.85. The molecule has 158 valence electrons. The number of carbonyl (C=O) groups excluding carboxylic acids is 2. The second-order valence-electron chi connectivity index (χ2n) is 8.30. The molecule has 1 aliphatic carbocycles. The Morgan fingerprint density at radius 3 is 2.47 bits per heavy atom. The standard InChI is InChI=1S/C25H29NO4/c27-23-11-12-24(21(14-23)16-29-15-20-9-5-2-6-10-20)25(28)26-18-30-17-22(26)13-19-7-3-1-4-8-19/h1-10,21-22,24H,11-18H2/t21-,22+,24+/m0/s1. The minimum Gasteiger partial charge on any atom is -0.376 e. The topological polar surface area (TPSA) is 55.8 Å². The molecule has 30 heavy (non-hydrogen) atoms. The Bertz CT molecular complexity index is 839. The molecule has 1 aliphatic heterocycles. The van der Waals surface area contributed by atoms with E-state index in [-0.39, 0.29) is 29.6 Å². The van der Waals surface area contributed by atoms with Gasteiger partial charge in [-0.3, -0.25) is 9.59 Å². The van der Waals surface area contributed by atoms with Gasteiger partial charge in [0.15, 0.2) is 0 Å². The fraction of sp³-hybridized carbons (Fsp3) is 0.440. The van der Waals surface area contributed by atoms with Gasteiger partial charge >= 0.3 is 0 Å². The molecular formula is C25H29NO4. The van der Waals surface area contributed by atoms with Crippen LogP contribution in [0.4, 0.5) is 0 Å². The van der Waals surface area contributed by atoms with Crippen molar-refractivity contribution >= 4 is 11.7 Å². The summed E-state index contributed by atoms with van der Waals surface area (Å²) in [5, 5.41) is 0. The van der Waals surface area contributed by atoms with Gasteiger partial charge in [0, 0.05) is 24.7 Å². The van der Waals surface area contributed by atoms with E-state index in [1.54, 1.807) is 0 Å². The summed E-state index contributed by atoms with van der Waals surface area (Å²) in [6, 6.07) is 20.2. The van der Waals surface area contributed by atoms with Crippen molar-refractivity contribution in [1.29, 1.82) is 0 Å². The van der Waals surface area contributed by atoms with E-state index in [1.807, 2.05) is 53.4 Å². The SMILES string of the molecule is O=C1CC[C@@H](C(=O)N2COC[C@H]2Cc2ccccc2)[C@H](COCc2ccccc2)C1. The summed E-state index contributed by atoms with van der Waals surface area (Å²) in [5.41, 5.74) is 2.30. The van der Waals surface area contributed by atoms with E-state index in [1.165, 1.54) is 5.56 Å². The molecular weight excluding hydrogens is 378 g/mol. The molecule has 0 N–H and O–H groups in total. The van der Waals surface area contributed by atoms with Gasteiger partial charge in [-0.25, -0.2) is 0 Å². The molecule has 0 aromatic heterocycles. The van der Waals surface area contributed by atoms with Crippen molar-refractivity contribution in [3.63, 3.8) is 0 Å². The number of hydrogen-bond acceptors (Lipinski definition) is 4. The van der Waals surface area contributed by atoms with Crippen LogP contribution in [0.1, 0.15) is 30.4 Å². The molecule has 3 atom stereocenters. The van der Waals surface area contributed by atoms with Crippen LogP contribution in [-0.2, 0) is 32.1 Å². The lowest BCUT2D eigenvalue weighted by molar-refractivity contribution is -0.143. The maximum Gasteiger partial charge on any atom is 0.228 e. The Labute approximate surface area is 178 Å². The smallest absolute Gasteiger partial charge is 0.228 e. The number of Topliss-reactive ketones (excluding diaryl/α,β-unsaturated/α-hetero) is 1. The highest BCUT2D eigenvalue weighted by Gasteiger charge is 2.40. The zero-order chi connectivity index (χ0) is 20.8.